The van der Waals surface area contributed by atoms with Crippen LogP contribution >= 0.6 is 11.6 Å². The van der Waals surface area contributed by atoms with Crippen LogP contribution in [0.25, 0.3) is 0 Å². The van der Waals surface area contributed by atoms with Crippen LogP contribution in [0.3, 0.4) is 0 Å². The maximum atomic E-state index is 13.1. The monoisotopic (exact) mass is 563 g/mol. The van der Waals surface area contributed by atoms with Crippen LogP contribution in [0.1, 0.15) is 28.3 Å². The van der Waals surface area contributed by atoms with Crippen molar-refractivity contribution in [2.24, 2.45) is 0 Å². The van der Waals surface area contributed by atoms with E-state index in [2.05, 4.69) is 35.4 Å². The number of amides is 2. The molecule has 1 saturated heterocycles. The summed E-state index contributed by atoms with van der Waals surface area (Å²) in [5, 5.41) is 13.8. The average Bonchev–Trinajstić information content (AvgIpc) is 2.87. The Balaban J connectivity index is 1.44. The number of alkyl halides is 3. The first kappa shape index (κ1) is 28.5. The van der Waals surface area contributed by atoms with Crippen LogP contribution in [-0.4, -0.2) is 70.3 Å². The number of urea groups is 1. The van der Waals surface area contributed by atoms with Gasteiger partial charge in [0.25, 0.3) is 0 Å². The molecule has 39 heavy (non-hydrogen) atoms. The quantitative estimate of drug-likeness (QED) is 0.388. The Kier molecular flexibility index (Phi) is 8.88. The molecule has 13 heteroatoms. The Bertz CT molecular complexity index is 1330. The van der Waals surface area contributed by atoms with E-state index < -0.39 is 22.8 Å². The first-order chi connectivity index (χ1) is 18.5. The van der Waals surface area contributed by atoms with Crippen LogP contribution < -0.4 is 15.5 Å². The molecule has 208 valence electrons. The molecule has 1 aromatic heterocycles. The van der Waals surface area contributed by atoms with Gasteiger partial charge in [0.1, 0.15) is 11.6 Å². The lowest BCUT2D eigenvalue weighted by Gasteiger charge is -2.34. The second-order valence-electron chi connectivity index (χ2n) is 9.24. The van der Waals surface area contributed by atoms with E-state index in [1.165, 1.54) is 6.07 Å². The number of aryl methyl sites for hydroxylation is 2. The summed E-state index contributed by atoms with van der Waals surface area (Å²) in [6, 6.07) is 7.80. The van der Waals surface area contributed by atoms with Crippen molar-refractivity contribution in [3.8, 4) is 0 Å². The van der Waals surface area contributed by atoms with Crippen molar-refractivity contribution in [1.82, 2.24) is 19.9 Å². The number of aromatic nitrogens is 3. The van der Waals surface area contributed by atoms with E-state index in [1.54, 1.807) is 12.1 Å². The van der Waals surface area contributed by atoms with E-state index in [9.17, 15) is 18.0 Å². The Hall–Kier alpha value is -3.48. The smallest absolute Gasteiger partial charge is 0.395 e. The zero-order valence-corrected chi connectivity index (χ0v) is 22.3. The fraction of sp³-hybridized carbons (Fsp3) is 0.385. The molecule has 2 heterocycles. The fourth-order valence-electron chi connectivity index (χ4n) is 4.28. The molecule has 3 N–H and O–H groups in total. The SMILES string of the molecule is Cc1nc(Cc2cc(NC(=O)Nc3ccc(Cl)c(C(F)(F)F)c3)ccc2C)nc(N2CCN(CCO)CC2)n1. The van der Waals surface area contributed by atoms with Crippen LogP contribution in [0, 0.1) is 13.8 Å². The molecular weight excluding hydrogens is 535 g/mol. The van der Waals surface area contributed by atoms with E-state index in [4.69, 9.17) is 16.7 Å². The number of piperazine rings is 1. The Morgan fingerprint density at radius 2 is 1.67 bits per heavy atom. The van der Waals surface area contributed by atoms with Gasteiger partial charge in [-0.25, -0.2) is 9.78 Å². The van der Waals surface area contributed by atoms with E-state index in [0.717, 1.165) is 49.4 Å². The molecule has 0 saturated carbocycles. The summed E-state index contributed by atoms with van der Waals surface area (Å²) in [7, 11) is 0. The van der Waals surface area contributed by atoms with Crippen molar-refractivity contribution in [3.63, 3.8) is 0 Å². The molecule has 2 amide bonds. The lowest BCUT2D eigenvalue weighted by atomic mass is 10.0. The Labute approximate surface area is 229 Å². The summed E-state index contributed by atoms with van der Waals surface area (Å²) in [6.45, 7) is 7.62. The van der Waals surface area contributed by atoms with Crippen molar-refractivity contribution in [1.29, 1.82) is 0 Å². The van der Waals surface area contributed by atoms with Crippen molar-refractivity contribution < 1.29 is 23.1 Å². The predicted molar refractivity (Wildman–Crippen MR) is 143 cm³/mol. The highest BCUT2D eigenvalue weighted by atomic mass is 35.5. The first-order valence-electron chi connectivity index (χ1n) is 12.4. The van der Waals surface area contributed by atoms with Gasteiger partial charge in [0, 0.05) is 50.5 Å². The number of anilines is 3. The minimum atomic E-state index is -4.64. The third-order valence-corrected chi connectivity index (χ3v) is 6.67. The van der Waals surface area contributed by atoms with Crippen LogP contribution in [0.5, 0.6) is 0 Å². The van der Waals surface area contributed by atoms with Gasteiger partial charge < -0.3 is 20.6 Å². The zero-order valence-electron chi connectivity index (χ0n) is 21.5. The summed E-state index contributed by atoms with van der Waals surface area (Å²) in [5.41, 5.74) is 1.23. The molecule has 3 aromatic rings. The molecular formula is C26H29ClF3N7O2. The van der Waals surface area contributed by atoms with Gasteiger partial charge in [-0.2, -0.15) is 23.1 Å². The molecule has 4 rings (SSSR count). The Morgan fingerprint density at radius 1 is 1.00 bits per heavy atom. The van der Waals surface area contributed by atoms with E-state index in [-0.39, 0.29) is 12.3 Å². The molecule has 0 radical (unpaired) electrons. The normalized spacial score (nSPS) is 14.4. The molecule has 0 spiro atoms. The summed E-state index contributed by atoms with van der Waals surface area (Å²) >= 11 is 5.65. The number of β-amino-alcohol motifs (C(OH)–C–C–N with tert-alkyl or cyclic N) is 1. The van der Waals surface area contributed by atoms with Gasteiger partial charge in [0.05, 0.1) is 17.2 Å². The number of nitrogens with zero attached hydrogens (tertiary/aromatic N) is 5. The van der Waals surface area contributed by atoms with Crippen LogP contribution in [0.15, 0.2) is 36.4 Å². The number of benzene rings is 2. The third kappa shape index (κ3) is 7.55. The first-order valence-corrected chi connectivity index (χ1v) is 12.7. The molecule has 9 nitrogen and oxygen atoms in total. The molecule has 2 aromatic carbocycles. The number of hydrogen-bond acceptors (Lipinski definition) is 7. The van der Waals surface area contributed by atoms with E-state index >= 15 is 0 Å². The molecule has 0 bridgehead atoms. The number of nitrogens with one attached hydrogen (secondary N) is 2. The molecule has 1 fully saturated rings. The summed E-state index contributed by atoms with van der Waals surface area (Å²) < 4.78 is 39.4. The summed E-state index contributed by atoms with van der Waals surface area (Å²) in [5.74, 6) is 1.79. The molecule has 1 aliphatic heterocycles. The predicted octanol–water partition coefficient (Wildman–Crippen LogP) is 4.51. The number of hydrogen-bond donors (Lipinski definition) is 3. The van der Waals surface area contributed by atoms with Gasteiger partial charge in [-0.1, -0.05) is 17.7 Å². The molecule has 0 atom stereocenters. The lowest BCUT2D eigenvalue weighted by molar-refractivity contribution is -0.137. The highest BCUT2D eigenvalue weighted by molar-refractivity contribution is 6.31. The highest BCUT2D eigenvalue weighted by Gasteiger charge is 2.33. The van der Waals surface area contributed by atoms with Gasteiger partial charge in [0.2, 0.25) is 5.95 Å². The standard InChI is InChI=1S/C26H29ClF3N7O2/c1-16-3-4-19(33-25(39)34-20-5-6-22(27)21(15-20)26(28,29)30)13-18(16)14-23-31-17(2)32-24(35-23)37-9-7-36(8-10-37)11-12-38/h3-6,13,15,38H,7-12,14H2,1-2H3,(H2,33,34,39). The van der Waals surface area contributed by atoms with Gasteiger partial charge in [-0.05, 0) is 55.3 Å². The number of halogens is 4. The van der Waals surface area contributed by atoms with Gasteiger partial charge >= 0.3 is 12.2 Å². The van der Waals surface area contributed by atoms with Gasteiger partial charge in [-0.15, -0.1) is 0 Å². The molecule has 0 unspecified atom stereocenters. The minimum Gasteiger partial charge on any atom is -0.395 e. The van der Waals surface area contributed by atoms with E-state index in [1.807, 2.05) is 19.9 Å². The highest BCUT2D eigenvalue weighted by Crippen LogP contribution is 2.36. The van der Waals surface area contributed by atoms with Crippen LogP contribution in [-0.2, 0) is 12.6 Å². The lowest BCUT2D eigenvalue weighted by Crippen LogP contribution is -2.47. The second-order valence-corrected chi connectivity index (χ2v) is 9.65. The minimum absolute atomic E-state index is 0.0399. The summed E-state index contributed by atoms with van der Waals surface area (Å²) in [6.07, 6.45) is -4.24. The maximum Gasteiger partial charge on any atom is 0.417 e. The molecule has 1 aliphatic rings. The second kappa shape index (κ2) is 12.1. The number of carbonyl (C=O) groups is 1. The van der Waals surface area contributed by atoms with Gasteiger partial charge in [-0.3, -0.25) is 4.90 Å². The van der Waals surface area contributed by atoms with Gasteiger partial charge in [0.15, 0.2) is 0 Å². The largest absolute Gasteiger partial charge is 0.417 e. The number of rotatable bonds is 7. The van der Waals surface area contributed by atoms with Crippen molar-refractivity contribution >= 4 is 35.0 Å². The number of carbonyl (C=O) groups excluding carboxylic acids is 1. The third-order valence-electron chi connectivity index (χ3n) is 6.34. The van der Waals surface area contributed by atoms with Crippen molar-refractivity contribution in [3.05, 3.63) is 69.8 Å². The maximum absolute atomic E-state index is 13.1. The van der Waals surface area contributed by atoms with E-state index in [0.29, 0.717) is 36.3 Å². The molecule has 0 aliphatic carbocycles. The van der Waals surface area contributed by atoms with Crippen LogP contribution in [0.2, 0.25) is 5.02 Å². The average molecular weight is 564 g/mol. The Morgan fingerprint density at radius 3 is 2.33 bits per heavy atom. The van der Waals surface area contributed by atoms with Crippen LogP contribution in [0.4, 0.5) is 35.3 Å². The topological polar surface area (TPSA) is 107 Å². The van der Waals surface area contributed by atoms with Crippen molar-refractivity contribution in [2.75, 3.05) is 54.9 Å². The number of aliphatic hydroxyl groups is 1. The van der Waals surface area contributed by atoms with Crippen molar-refractivity contribution in [2.45, 2.75) is 26.4 Å². The number of aliphatic hydroxyl groups excluding tert-OH is 1. The summed E-state index contributed by atoms with van der Waals surface area (Å²) in [4.78, 5) is 30.5. The fourth-order valence-corrected chi connectivity index (χ4v) is 4.50. The zero-order chi connectivity index (χ0) is 28.2.